The zero-order valence-corrected chi connectivity index (χ0v) is 12.1. The molecule has 0 aliphatic carbocycles. The summed E-state index contributed by atoms with van der Waals surface area (Å²) in [5.74, 6) is 0.437. The van der Waals surface area contributed by atoms with Gasteiger partial charge in [0.15, 0.2) is 0 Å². The SMILES string of the molecule is CC(C)(C)c1noc2ncc(C(=O)NCCS)cc12. The molecule has 0 aliphatic heterocycles. The lowest BCUT2D eigenvalue weighted by molar-refractivity contribution is 0.0956. The Bertz CT molecular complexity index is 601. The summed E-state index contributed by atoms with van der Waals surface area (Å²) in [6, 6.07) is 1.77. The average Bonchev–Trinajstić information content (AvgIpc) is 2.78. The monoisotopic (exact) mass is 279 g/mol. The lowest BCUT2D eigenvalue weighted by Gasteiger charge is -2.14. The summed E-state index contributed by atoms with van der Waals surface area (Å²) in [7, 11) is 0. The van der Waals surface area contributed by atoms with Gasteiger partial charge < -0.3 is 9.84 Å². The molecule has 0 unspecified atom stereocenters. The van der Waals surface area contributed by atoms with Crippen LogP contribution in [0.1, 0.15) is 36.8 Å². The third-order valence-electron chi connectivity index (χ3n) is 2.70. The van der Waals surface area contributed by atoms with Gasteiger partial charge in [0.05, 0.1) is 16.6 Å². The summed E-state index contributed by atoms with van der Waals surface area (Å²) in [4.78, 5) is 16.0. The van der Waals surface area contributed by atoms with E-state index in [4.69, 9.17) is 4.52 Å². The molecule has 6 heteroatoms. The maximum Gasteiger partial charge on any atom is 0.257 e. The predicted octanol–water partition coefficient (Wildman–Crippen LogP) is 2.18. The Balaban J connectivity index is 2.41. The van der Waals surface area contributed by atoms with Crippen LogP contribution in [-0.2, 0) is 5.41 Å². The van der Waals surface area contributed by atoms with Crippen LogP contribution < -0.4 is 5.32 Å². The quantitative estimate of drug-likeness (QED) is 0.845. The number of thiol groups is 1. The number of carbonyl (C=O) groups excluding carboxylic acids is 1. The molecule has 1 N–H and O–H groups in total. The van der Waals surface area contributed by atoms with Crippen molar-refractivity contribution in [3.8, 4) is 0 Å². The number of carbonyl (C=O) groups is 1. The van der Waals surface area contributed by atoms with E-state index in [-0.39, 0.29) is 11.3 Å². The summed E-state index contributed by atoms with van der Waals surface area (Å²) < 4.78 is 5.19. The third-order valence-corrected chi connectivity index (χ3v) is 2.92. The first-order chi connectivity index (χ1) is 8.93. The van der Waals surface area contributed by atoms with E-state index in [1.807, 2.05) is 20.8 Å². The van der Waals surface area contributed by atoms with Crippen LogP contribution in [0.25, 0.3) is 11.1 Å². The van der Waals surface area contributed by atoms with Crippen molar-refractivity contribution in [2.24, 2.45) is 0 Å². The second-order valence-electron chi connectivity index (χ2n) is 5.34. The molecule has 0 saturated carbocycles. The Hall–Kier alpha value is -1.56. The zero-order valence-electron chi connectivity index (χ0n) is 11.2. The maximum atomic E-state index is 11.9. The molecule has 2 heterocycles. The lowest BCUT2D eigenvalue weighted by Crippen LogP contribution is -2.25. The zero-order chi connectivity index (χ0) is 14.0. The van der Waals surface area contributed by atoms with Gasteiger partial charge in [-0.25, -0.2) is 4.98 Å². The Morgan fingerprint density at radius 2 is 2.21 bits per heavy atom. The molecule has 0 radical (unpaired) electrons. The summed E-state index contributed by atoms with van der Waals surface area (Å²) in [5.41, 5.74) is 1.60. The molecule has 19 heavy (non-hydrogen) atoms. The number of aromatic nitrogens is 2. The van der Waals surface area contributed by atoms with Gasteiger partial charge in [0.2, 0.25) is 0 Å². The molecular formula is C13H17N3O2S. The van der Waals surface area contributed by atoms with E-state index in [1.165, 1.54) is 6.20 Å². The fourth-order valence-electron chi connectivity index (χ4n) is 1.77. The highest BCUT2D eigenvalue weighted by Gasteiger charge is 2.23. The summed E-state index contributed by atoms with van der Waals surface area (Å²) in [5, 5.41) is 7.59. The van der Waals surface area contributed by atoms with E-state index in [0.717, 1.165) is 11.1 Å². The first-order valence-electron chi connectivity index (χ1n) is 6.08. The van der Waals surface area contributed by atoms with Gasteiger partial charge in [-0.2, -0.15) is 12.6 Å². The number of fused-ring (bicyclic) bond motifs is 1. The standard InChI is InChI=1S/C13H17N3O2S/c1-13(2,3)10-9-6-8(11(17)14-4-5-19)7-15-12(9)18-16-10/h6-7,19H,4-5H2,1-3H3,(H,14,17). The van der Waals surface area contributed by atoms with Gasteiger partial charge in [-0.05, 0) is 6.07 Å². The van der Waals surface area contributed by atoms with E-state index in [1.54, 1.807) is 6.07 Å². The molecule has 0 spiro atoms. The first kappa shape index (κ1) is 13.9. The molecule has 5 nitrogen and oxygen atoms in total. The number of hydrogen-bond donors (Lipinski definition) is 2. The third kappa shape index (κ3) is 2.89. The second kappa shape index (κ2) is 5.21. The minimum absolute atomic E-state index is 0.160. The highest BCUT2D eigenvalue weighted by Crippen LogP contribution is 2.28. The number of amides is 1. The molecule has 0 atom stereocenters. The minimum atomic E-state index is -0.162. The Kier molecular flexibility index (Phi) is 3.80. The molecule has 0 aromatic carbocycles. The summed E-state index contributed by atoms with van der Waals surface area (Å²) in [6.45, 7) is 6.64. The van der Waals surface area contributed by atoms with Crippen molar-refractivity contribution in [2.45, 2.75) is 26.2 Å². The first-order valence-corrected chi connectivity index (χ1v) is 6.71. The van der Waals surface area contributed by atoms with Crippen molar-refractivity contribution in [1.29, 1.82) is 0 Å². The molecule has 0 aliphatic rings. The van der Waals surface area contributed by atoms with E-state index in [0.29, 0.717) is 23.6 Å². The van der Waals surface area contributed by atoms with Crippen molar-refractivity contribution in [3.05, 3.63) is 23.5 Å². The van der Waals surface area contributed by atoms with E-state index in [9.17, 15) is 4.79 Å². The highest BCUT2D eigenvalue weighted by molar-refractivity contribution is 7.80. The Labute approximate surface area is 117 Å². The van der Waals surface area contributed by atoms with Gasteiger partial charge in [-0.3, -0.25) is 4.79 Å². The van der Waals surface area contributed by atoms with Gasteiger partial charge in [0.1, 0.15) is 0 Å². The number of hydrogen-bond acceptors (Lipinski definition) is 5. The van der Waals surface area contributed by atoms with E-state index in [2.05, 4.69) is 28.1 Å². The highest BCUT2D eigenvalue weighted by atomic mass is 32.1. The van der Waals surface area contributed by atoms with Gasteiger partial charge in [-0.15, -0.1) is 0 Å². The molecule has 1 amide bonds. The van der Waals surface area contributed by atoms with Crippen LogP contribution in [0.15, 0.2) is 16.8 Å². The normalized spacial score (nSPS) is 11.8. The molecule has 2 rings (SSSR count). The molecular weight excluding hydrogens is 262 g/mol. The van der Waals surface area contributed by atoms with Crippen molar-refractivity contribution >= 4 is 29.6 Å². The fourth-order valence-corrected chi connectivity index (χ4v) is 1.88. The number of pyridine rings is 1. The largest absolute Gasteiger partial charge is 0.351 e. The summed E-state index contributed by atoms with van der Waals surface area (Å²) >= 11 is 4.06. The lowest BCUT2D eigenvalue weighted by atomic mass is 9.90. The second-order valence-corrected chi connectivity index (χ2v) is 5.78. The van der Waals surface area contributed by atoms with Crippen molar-refractivity contribution in [1.82, 2.24) is 15.5 Å². The smallest absolute Gasteiger partial charge is 0.257 e. The van der Waals surface area contributed by atoms with Crippen LogP contribution in [0.4, 0.5) is 0 Å². The number of nitrogens with zero attached hydrogens (tertiary/aromatic N) is 2. The topological polar surface area (TPSA) is 68.0 Å². The Morgan fingerprint density at radius 1 is 1.47 bits per heavy atom. The van der Waals surface area contributed by atoms with E-state index >= 15 is 0 Å². The number of rotatable bonds is 3. The maximum absolute atomic E-state index is 11.9. The molecule has 0 saturated heterocycles. The van der Waals surface area contributed by atoms with Crippen molar-refractivity contribution in [3.63, 3.8) is 0 Å². The molecule has 102 valence electrons. The molecule has 2 aromatic heterocycles. The van der Waals surface area contributed by atoms with Gasteiger partial charge in [0, 0.05) is 23.9 Å². The molecule has 0 fully saturated rings. The predicted molar refractivity (Wildman–Crippen MR) is 76.7 cm³/mol. The van der Waals surface area contributed by atoms with Gasteiger partial charge in [0.25, 0.3) is 11.6 Å². The van der Waals surface area contributed by atoms with Crippen LogP contribution in [0.3, 0.4) is 0 Å². The summed E-state index contributed by atoms with van der Waals surface area (Å²) in [6.07, 6.45) is 1.49. The van der Waals surface area contributed by atoms with Crippen LogP contribution in [0.2, 0.25) is 0 Å². The van der Waals surface area contributed by atoms with Crippen LogP contribution >= 0.6 is 12.6 Å². The van der Waals surface area contributed by atoms with Crippen LogP contribution in [-0.4, -0.2) is 28.3 Å². The van der Waals surface area contributed by atoms with Gasteiger partial charge in [-0.1, -0.05) is 25.9 Å². The van der Waals surface area contributed by atoms with Gasteiger partial charge >= 0.3 is 0 Å². The Morgan fingerprint density at radius 3 is 2.84 bits per heavy atom. The average molecular weight is 279 g/mol. The van der Waals surface area contributed by atoms with Crippen molar-refractivity contribution in [2.75, 3.05) is 12.3 Å². The van der Waals surface area contributed by atoms with Crippen LogP contribution in [0, 0.1) is 0 Å². The van der Waals surface area contributed by atoms with E-state index < -0.39 is 0 Å². The minimum Gasteiger partial charge on any atom is -0.351 e. The van der Waals surface area contributed by atoms with Crippen LogP contribution in [0.5, 0.6) is 0 Å². The molecule has 0 bridgehead atoms. The molecule has 2 aromatic rings. The number of nitrogens with one attached hydrogen (secondary N) is 1. The van der Waals surface area contributed by atoms with Crippen molar-refractivity contribution < 1.29 is 9.32 Å². The fraction of sp³-hybridized carbons (Fsp3) is 0.462.